The Hall–Kier alpha value is -1.05. The number of hydrogen-bond donors (Lipinski definition) is 1. The quantitative estimate of drug-likeness (QED) is 0.450. The molecule has 0 rings (SSSR count). The third kappa shape index (κ3) is 4.81. The Morgan fingerprint density at radius 1 is 1.56 bits per heavy atom. The maximum absolute atomic E-state index is 9.97. The summed E-state index contributed by atoms with van der Waals surface area (Å²) in [6, 6.07) is 0. The molecule has 2 heteroatoms. The molecule has 0 aliphatic rings. The van der Waals surface area contributed by atoms with Gasteiger partial charge in [0.15, 0.2) is 0 Å². The summed E-state index contributed by atoms with van der Waals surface area (Å²) < 4.78 is 0. The van der Waals surface area contributed by atoms with Crippen molar-refractivity contribution in [3.05, 3.63) is 23.8 Å². The van der Waals surface area contributed by atoms with Gasteiger partial charge >= 0.3 is 5.97 Å². The summed E-state index contributed by atoms with van der Waals surface area (Å²) in [5.41, 5.74) is 0.755. The predicted molar refractivity (Wildman–Crippen MR) is 36.2 cm³/mol. The van der Waals surface area contributed by atoms with Gasteiger partial charge in [-0.25, -0.2) is 4.79 Å². The van der Waals surface area contributed by atoms with E-state index in [1.165, 1.54) is 6.08 Å². The second kappa shape index (κ2) is 3.89. The van der Waals surface area contributed by atoms with Crippen LogP contribution >= 0.6 is 0 Å². The van der Waals surface area contributed by atoms with Crippen LogP contribution in [0.1, 0.15) is 13.8 Å². The van der Waals surface area contributed by atoms with E-state index in [4.69, 9.17) is 5.11 Å². The van der Waals surface area contributed by atoms with Gasteiger partial charge in [-0.05, 0) is 19.4 Å². The molecule has 0 saturated carbocycles. The molecule has 0 aliphatic heterocycles. The SMILES string of the molecule is C/C=C\C(C)=C\C(=O)O. The van der Waals surface area contributed by atoms with Crippen LogP contribution in [-0.2, 0) is 4.79 Å². The molecular formula is C7H10O2. The Morgan fingerprint density at radius 3 is 2.44 bits per heavy atom. The summed E-state index contributed by atoms with van der Waals surface area (Å²) in [5.74, 6) is -0.898. The lowest BCUT2D eigenvalue weighted by atomic mass is 10.2. The lowest BCUT2D eigenvalue weighted by Crippen LogP contribution is -1.87. The molecule has 2 nitrogen and oxygen atoms in total. The molecule has 0 bridgehead atoms. The van der Waals surface area contributed by atoms with Crippen LogP contribution in [0.4, 0.5) is 0 Å². The van der Waals surface area contributed by atoms with Crippen LogP contribution in [0.2, 0.25) is 0 Å². The van der Waals surface area contributed by atoms with Gasteiger partial charge in [0.1, 0.15) is 0 Å². The van der Waals surface area contributed by atoms with Crippen LogP contribution in [0.3, 0.4) is 0 Å². The summed E-state index contributed by atoms with van der Waals surface area (Å²) in [7, 11) is 0. The summed E-state index contributed by atoms with van der Waals surface area (Å²) in [6.07, 6.45) is 4.71. The largest absolute Gasteiger partial charge is 0.478 e. The van der Waals surface area contributed by atoms with Crippen molar-refractivity contribution in [2.45, 2.75) is 13.8 Å². The molecule has 0 aromatic heterocycles. The predicted octanol–water partition coefficient (Wildman–Crippen LogP) is 1.59. The highest BCUT2D eigenvalue weighted by molar-refractivity contribution is 5.81. The van der Waals surface area contributed by atoms with E-state index in [-0.39, 0.29) is 0 Å². The highest BCUT2D eigenvalue weighted by Gasteiger charge is 1.86. The Morgan fingerprint density at radius 2 is 2.11 bits per heavy atom. The van der Waals surface area contributed by atoms with E-state index in [2.05, 4.69) is 0 Å². The highest BCUT2D eigenvalue weighted by atomic mass is 16.4. The van der Waals surface area contributed by atoms with Gasteiger partial charge in [0, 0.05) is 6.08 Å². The van der Waals surface area contributed by atoms with Crippen molar-refractivity contribution in [3.63, 3.8) is 0 Å². The maximum atomic E-state index is 9.97. The van der Waals surface area contributed by atoms with Crippen molar-refractivity contribution in [1.29, 1.82) is 0 Å². The Labute approximate surface area is 54.5 Å². The van der Waals surface area contributed by atoms with E-state index in [0.717, 1.165) is 5.57 Å². The molecule has 0 saturated heterocycles. The van der Waals surface area contributed by atoms with Crippen LogP contribution in [0.25, 0.3) is 0 Å². The van der Waals surface area contributed by atoms with Gasteiger partial charge in [-0.1, -0.05) is 12.2 Å². The number of carboxylic acid groups (broad SMARTS) is 1. The van der Waals surface area contributed by atoms with Crippen LogP contribution in [-0.4, -0.2) is 11.1 Å². The minimum Gasteiger partial charge on any atom is -0.478 e. The third-order valence-corrected chi connectivity index (χ3v) is 0.781. The van der Waals surface area contributed by atoms with Crippen LogP contribution in [0.15, 0.2) is 23.8 Å². The number of carboxylic acids is 1. The first-order chi connectivity index (χ1) is 4.16. The Balaban J connectivity index is 4.00. The van der Waals surface area contributed by atoms with Gasteiger partial charge in [0.05, 0.1) is 0 Å². The van der Waals surface area contributed by atoms with Crippen molar-refractivity contribution < 1.29 is 9.90 Å². The molecule has 0 atom stereocenters. The highest BCUT2D eigenvalue weighted by Crippen LogP contribution is 1.92. The summed E-state index contributed by atoms with van der Waals surface area (Å²) in [4.78, 5) is 9.97. The molecule has 0 amide bonds. The Bertz CT molecular complexity index is 154. The molecule has 0 spiro atoms. The summed E-state index contributed by atoms with van der Waals surface area (Å²) in [6.45, 7) is 3.59. The standard InChI is InChI=1S/C7H10O2/c1-3-4-6(2)5-7(8)9/h3-5H,1-2H3,(H,8,9)/b4-3-,6-5+. The zero-order valence-electron chi connectivity index (χ0n) is 5.59. The van der Waals surface area contributed by atoms with Crippen molar-refractivity contribution >= 4 is 5.97 Å². The van der Waals surface area contributed by atoms with E-state index in [1.54, 1.807) is 19.1 Å². The van der Waals surface area contributed by atoms with Gasteiger partial charge in [0.2, 0.25) is 0 Å². The molecule has 0 unspecified atom stereocenters. The smallest absolute Gasteiger partial charge is 0.328 e. The normalized spacial score (nSPS) is 12.4. The van der Waals surface area contributed by atoms with Crippen molar-refractivity contribution in [2.75, 3.05) is 0 Å². The van der Waals surface area contributed by atoms with E-state index < -0.39 is 5.97 Å². The van der Waals surface area contributed by atoms with Crippen LogP contribution in [0, 0.1) is 0 Å². The minimum absolute atomic E-state index is 0.755. The Kier molecular flexibility index (Phi) is 3.44. The second-order valence-corrected chi connectivity index (χ2v) is 1.73. The number of carbonyl (C=O) groups is 1. The van der Waals surface area contributed by atoms with E-state index in [0.29, 0.717) is 0 Å². The van der Waals surface area contributed by atoms with Gasteiger partial charge in [-0.15, -0.1) is 0 Å². The molecule has 0 aromatic carbocycles. The van der Waals surface area contributed by atoms with E-state index in [9.17, 15) is 4.79 Å². The first-order valence-electron chi connectivity index (χ1n) is 2.70. The third-order valence-electron chi connectivity index (χ3n) is 0.781. The molecule has 0 fully saturated rings. The van der Waals surface area contributed by atoms with Crippen LogP contribution in [0.5, 0.6) is 0 Å². The van der Waals surface area contributed by atoms with Gasteiger partial charge in [-0.2, -0.15) is 0 Å². The fourth-order valence-corrected chi connectivity index (χ4v) is 0.506. The molecular weight excluding hydrogens is 116 g/mol. The molecule has 0 heterocycles. The average Bonchev–Trinajstić information content (AvgIpc) is 1.63. The molecule has 9 heavy (non-hydrogen) atoms. The molecule has 0 aromatic rings. The monoisotopic (exact) mass is 126 g/mol. The van der Waals surface area contributed by atoms with Gasteiger partial charge in [-0.3, -0.25) is 0 Å². The lowest BCUT2D eigenvalue weighted by molar-refractivity contribution is -0.131. The zero-order valence-corrected chi connectivity index (χ0v) is 5.59. The van der Waals surface area contributed by atoms with E-state index in [1.807, 2.05) is 6.92 Å². The molecule has 1 N–H and O–H groups in total. The zero-order chi connectivity index (χ0) is 7.28. The molecule has 50 valence electrons. The molecule has 0 aliphatic carbocycles. The van der Waals surface area contributed by atoms with Crippen molar-refractivity contribution in [3.8, 4) is 0 Å². The van der Waals surface area contributed by atoms with Crippen LogP contribution < -0.4 is 0 Å². The first kappa shape index (κ1) is 7.95. The second-order valence-electron chi connectivity index (χ2n) is 1.73. The minimum atomic E-state index is -0.898. The fraction of sp³-hybridized carbons (Fsp3) is 0.286. The summed E-state index contributed by atoms with van der Waals surface area (Å²) in [5, 5.41) is 8.20. The van der Waals surface area contributed by atoms with Crippen molar-refractivity contribution in [1.82, 2.24) is 0 Å². The number of hydrogen-bond acceptors (Lipinski definition) is 1. The fourth-order valence-electron chi connectivity index (χ4n) is 0.506. The van der Waals surface area contributed by atoms with Gasteiger partial charge in [0.25, 0.3) is 0 Å². The van der Waals surface area contributed by atoms with Crippen molar-refractivity contribution in [2.24, 2.45) is 0 Å². The number of allylic oxidation sites excluding steroid dienone is 3. The lowest BCUT2D eigenvalue weighted by Gasteiger charge is -1.84. The number of rotatable bonds is 2. The average molecular weight is 126 g/mol. The first-order valence-corrected chi connectivity index (χ1v) is 2.70. The maximum Gasteiger partial charge on any atom is 0.328 e. The molecule has 0 radical (unpaired) electrons. The van der Waals surface area contributed by atoms with Gasteiger partial charge < -0.3 is 5.11 Å². The topological polar surface area (TPSA) is 37.3 Å². The summed E-state index contributed by atoms with van der Waals surface area (Å²) >= 11 is 0. The number of aliphatic carboxylic acids is 1. The van der Waals surface area contributed by atoms with E-state index >= 15 is 0 Å².